The van der Waals surface area contributed by atoms with E-state index in [9.17, 15) is 9.59 Å². The number of nitrogens with one attached hydrogen (secondary N) is 1. The van der Waals surface area contributed by atoms with Crippen LogP contribution in [0.3, 0.4) is 0 Å². The van der Waals surface area contributed by atoms with Crippen molar-refractivity contribution in [2.24, 2.45) is 0 Å². The van der Waals surface area contributed by atoms with Gasteiger partial charge in [-0.25, -0.2) is 4.79 Å². The van der Waals surface area contributed by atoms with Crippen molar-refractivity contribution < 1.29 is 19.4 Å². The quantitative estimate of drug-likeness (QED) is 0.596. The highest BCUT2D eigenvalue weighted by atomic mass is 32.2. The summed E-state index contributed by atoms with van der Waals surface area (Å²) in [6.45, 7) is 1.62. The average molecular weight is 345 g/mol. The van der Waals surface area contributed by atoms with Crippen LogP contribution in [0.4, 0.5) is 5.69 Å². The largest absolute Gasteiger partial charge is 0.452 e. The van der Waals surface area contributed by atoms with Crippen LogP contribution in [0, 0.1) is 6.92 Å². The summed E-state index contributed by atoms with van der Waals surface area (Å²) in [7, 11) is 0. The highest BCUT2D eigenvalue weighted by Gasteiger charge is 2.14. The van der Waals surface area contributed by atoms with Crippen molar-refractivity contribution in [3.05, 3.63) is 59.7 Å². The molecule has 0 aliphatic rings. The molecule has 5 nitrogen and oxygen atoms in total. The summed E-state index contributed by atoms with van der Waals surface area (Å²) >= 11 is 1.36. The molecule has 2 N–H and O–H groups in total. The third kappa shape index (κ3) is 5.40. The van der Waals surface area contributed by atoms with Gasteiger partial charge < -0.3 is 15.2 Å². The van der Waals surface area contributed by atoms with Gasteiger partial charge in [-0.2, -0.15) is 0 Å². The lowest BCUT2D eigenvalue weighted by Gasteiger charge is -2.09. The average Bonchev–Trinajstić information content (AvgIpc) is 2.60. The minimum Gasteiger partial charge on any atom is -0.452 e. The number of hydrogen-bond donors (Lipinski definition) is 2. The van der Waals surface area contributed by atoms with E-state index in [1.54, 1.807) is 36.4 Å². The second kappa shape index (κ2) is 9.10. The number of aliphatic hydroxyl groups is 1. The minimum absolute atomic E-state index is 0.0208. The zero-order valence-electron chi connectivity index (χ0n) is 13.3. The summed E-state index contributed by atoms with van der Waals surface area (Å²) in [6.07, 6.45) is 0. The zero-order valence-corrected chi connectivity index (χ0v) is 14.1. The number of rotatable bonds is 7. The predicted octanol–water partition coefficient (Wildman–Crippen LogP) is 2.87. The molecule has 0 atom stereocenters. The van der Waals surface area contributed by atoms with Gasteiger partial charge in [0.2, 0.25) is 0 Å². The van der Waals surface area contributed by atoms with Crippen LogP contribution in [-0.2, 0) is 9.53 Å². The van der Waals surface area contributed by atoms with Crippen LogP contribution in [-0.4, -0.2) is 35.9 Å². The van der Waals surface area contributed by atoms with Gasteiger partial charge in [0, 0.05) is 16.3 Å². The van der Waals surface area contributed by atoms with Crippen LogP contribution in [0.1, 0.15) is 15.9 Å². The Hall–Kier alpha value is -2.31. The van der Waals surface area contributed by atoms with Crippen molar-refractivity contribution in [1.82, 2.24) is 0 Å². The molecule has 2 rings (SSSR count). The lowest BCUT2D eigenvalue weighted by atomic mass is 10.2. The fourth-order valence-corrected chi connectivity index (χ4v) is 2.75. The topological polar surface area (TPSA) is 75.6 Å². The maximum atomic E-state index is 12.2. The van der Waals surface area contributed by atoms with E-state index in [0.29, 0.717) is 17.0 Å². The van der Waals surface area contributed by atoms with E-state index in [1.165, 1.54) is 11.8 Å². The van der Waals surface area contributed by atoms with E-state index in [0.717, 1.165) is 10.5 Å². The minimum atomic E-state index is -0.560. The first-order valence-corrected chi connectivity index (χ1v) is 8.45. The fourth-order valence-electron chi connectivity index (χ4n) is 1.96. The monoisotopic (exact) mass is 345 g/mol. The molecule has 1 amide bonds. The number of aryl methyl sites for hydroxylation is 1. The first kappa shape index (κ1) is 18.0. The molecule has 0 unspecified atom stereocenters. The Balaban J connectivity index is 1.90. The molecule has 0 saturated carbocycles. The molecule has 2 aromatic carbocycles. The third-order valence-electron chi connectivity index (χ3n) is 3.13. The van der Waals surface area contributed by atoms with E-state index in [4.69, 9.17) is 9.84 Å². The summed E-state index contributed by atoms with van der Waals surface area (Å²) in [5, 5.41) is 11.6. The van der Waals surface area contributed by atoms with Crippen molar-refractivity contribution in [1.29, 1.82) is 0 Å². The molecule has 126 valence electrons. The Labute approximate surface area is 145 Å². The number of amides is 1. The van der Waals surface area contributed by atoms with Crippen molar-refractivity contribution in [3.8, 4) is 0 Å². The molecular formula is C18H19NO4S. The molecule has 0 heterocycles. The summed E-state index contributed by atoms with van der Waals surface area (Å²) in [4.78, 5) is 24.7. The SMILES string of the molecule is Cc1ccc(NC(=O)COC(=O)c2ccccc2SCCO)cc1. The highest BCUT2D eigenvalue weighted by molar-refractivity contribution is 7.99. The number of ether oxygens (including phenoxy) is 1. The molecule has 0 bridgehead atoms. The van der Waals surface area contributed by atoms with Gasteiger partial charge >= 0.3 is 5.97 Å². The smallest absolute Gasteiger partial charge is 0.339 e. The van der Waals surface area contributed by atoms with Gasteiger partial charge in [-0.1, -0.05) is 29.8 Å². The van der Waals surface area contributed by atoms with Gasteiger partial charge in [0.05, 0.1) is 12.2 Å². The Kier molecular flexibility index (Phi) is 6.84. The van der Waals surface area contributed by atoms with E-state index in [2.05, 4.69) is 5.32 Å². The van der Waals surface area contributed by atoms with Crippen LogP contribution >= 0.6 is 11.8 Å². The molecule has 0 fully saturated rings. The number of anilines is 1. The Morgan fingerprint density at radius 2 is 1.83 bits per heavy atom. The van der Waals surface area contributed by atoms with E-state index in [-0.39, 0.29) is 13.2 Å². The number of carbonyl (C=O) groups excluding carboxylic acids is 2. The summed E-state index contributed by atoms with van der Waals surface area (Å²) in [5.41, 5.74) is 2.14. The molecule has 24 heavy (non-hydrogen) atoms. The molecular weight excluding hydrogens is 326 g/mol. The van der Waals surface area contributed by atoms with Gasteiger partial charge in [0.25, 0.3) is 5.91 Å². The van der Waals surface area contributed by atoms with Crippen molar-refractivity contribution in [2.75, 3.05) is 24.3 Å². The maximum Gasteiger partial charge on any atom is 0.339 e. The summed E-state index contributed by atoms with van der Waals surface area (Å²) in [5.74, 6) is -0.471. The molecule has 0 aliphatic carbocycles. The first-order valence-electron chi connectivity index (χ1n) is 7.46. The van der Waals surface area contributed by atoms with Gasteiger partial charge in [-0.3, -0.25) is 4.79 Å². The number of thioether (sulfide) groups is 1. The number of carbonyl (C=O) groups is 2. The molecule has 0 radical (unpaired) electrons. The third-order valence-corrected chi connectivity index (χ3v) is 4.18. The highest BCUT2D eigenvalue weighted by Crippen LogP contribution is 2.22. The van der Waals surface area contributed by atoms with E-state index < -0.39 is 11.9 Å². The van der Waals surface area contributed by atoms with E-state index in [1.807, 2.05) is 19.1 Å². The summed E-state index contributed by atoms with van der Waals surface area (Å²) in [6, 6.07) is 14.3. The maximum absolute atomic E-state index is 12.2. The normalized spacial score (nSPS) is 10.2. The summed E-state index contributed by atoms with van der Waals surface area (Å²) < 4.78 is 5.08. The van der Waals surface area contributed by atoms with Gasteiger partial charge in [0.1, 0.15) is 0 Å². The Bertz CT molecular complexity index is 700. The van der Waals surface area contributed by atoms with Crippen molar-refractivity contribution in [3.63, 3.8) is 0 Å². The van der Waals surface area contributed by atoms with Gasteiger partial charge in [-0.15, -0.1) is 11.8 Å². The van der Waals surface area contributed by atoms with Crippen LogP contribution in [0.2, 0.25) is 0 Å². The van der Waals surface area contributed by atoms with E-state index >= 15 is 0 Å². The second-order valence-corrected chi connectivity index (χ2v) is 6.20. The fraction of sp³-hybridized carbons (Fsp3) is 0.222. The standard InChI is InChI=1S/C18H19NO4S/c1-13-6-8-14(9-7-13)19-17(21)12-23-18(22)15-4-2-3-5-16(15)24-11-10-20/h2-9,20H,10-12H2,1H3,(H,19,21). The van der Waals surface area contributed by atoms with Crippen LogP contribution in [0.15, 0.2) is 53.4 Å². The first-order chi connectivity index (χ1) is 11.6. The number of benzene rings is 2. The molecule has 6 heteroatoms. The predicted molar refractivity (Wildman–Crippen MR) is 94.3 cm³/mol. The molecule has 0 saturated heterocycles. The van der Waals surface area contributed by atoms with Crippen LogP contribution in [0.25, 0.3) is 0 Å². The molecule has 2 aromatic rings. The van der Waals surface area contributed by atoms with Crippen molar-refractivity contribution in [2.45, 2.75) is 11.8 Å². The number of esters is 1. The lowest BCUT2D eigenvalue weighted by Crippen LogP contribution is -2.21. The Morgan fingerprint density at radius 3 is 2.54 bits per heavy atom. The van der Waals surface area contributed by atoms with Crippen LogP contribution in [0.5, 0.6) is 0 Å². The number of aliphatic hydroxyl groups excluding tert-OH is 1. The van der Waals surface area contributed by atoms with Crippen molar-refractivity contribution >= 4 is 29.3 Å². The Morgan fingerprint density at radius 1 is 1.12 bits per heavy atom. The zero-order chi connectivity index (χ0) is 17.4. The van der Waals surface area contributed by atoms with Crippen LogP contribution < -0.4 is 5.32 Å². The molecule has 0 aromatic heterocycles. The lowest BCUT2D eigenvalue weighted by molar-refractivity contribution is -0.119. The van der Waals surface area contributed by atoms with Gasteiger partial charge in [0.15, 0.2) is 6.61 Å². The molecule has 0 spiro atoms. The number of hydrogen-bond acceptors (Lipinski definition) is 5. The van der Waals surface area contributed by atoms with Gasteiger partial charge in [-0.05, 0) is 31.2 Å². The second-order valence-electron chi connectivity index (χ2n) is 5.06. The molecule has 0 aliphatic heterocycles.